The summed E-state index contributed by atoms with van der Waals surface area (Å²) < 4.78 is 4.79. The van der Waals surface area contributed by atoms with E-state index in [0.29, 0.717) is 13.2 Å². The summed E-state index contributed by atoms with van der Waals surface area (Å²) in [6.07, 6.45) is 0. The number of carboxylic acids is 1. The molecular formula is C10H17NO4. The van der Waals surface area contributed by atoms with Crippen LogP contribution in [0, 0.1) is 17.3 Å². The molecule has 15 heavy (non-hydrogen) atoms. The van der Waals surface area contributed by atoms with E-state index in [1.54, 1.807) is 21.0 Å². The molecule has 1 rings (SSSR count). The zero-order valence-electron chi connectivity index (χ0n) is 9.24. The third-order valence-corrected chi connectivity index (χ3v) is 2.98. The second kappa shape index (κ2) is 4.18. The van der Waals surface area contributed by atoms with Crippen LogP contribution in [0.25, 0.3) is 0 Å². The van der Waals surface area contributed by atoms with Gasteiger partial charge in [-0.1, -0.05) is 13.8 Å². The van der Waals surface area contributed by atoms with E-state index in [4.69, 9.17) is 9.84 Å². The molecule has 0 radical (unpaired) electrons. The number of hydrogen-bond donors (Lipinski definition) is 2. The Morgan fingerprint density at radius 1 is 1.40 bits per heavy atom. The largest absolute Gasteiger partial charge is 0.481 e. The molecule has 2 unspecified atom stereocenters. The van der Waals surface area contributed by atoms with Crippen LogP contribution < -0.4 is 5.32 Å². The number of hydrogen-bond acceptors (Lipinski definition) is 3. The van der Waals surface area contributed by atoms with E-state index < -0.39 is 23.2 Å². The number of ether oxygens (including phenoxy) is 1. The molecule has 0 aliphatic heterocycles. The Labute approximate surface area is 88.8 Å². The van der Waals surface area contributed by atoms with Gasteiger partial charge in [-0.15, -0.1) is 0 Å². The summed E-state index contributed by atoms with van der Waals surface area (Å²) in [5, 5.41) is 11.5. The number of nitrogens with one attached hydrogen (secondary N) is 1. The van der Waals surface area contributed by atoms with Crippen LogP contribution in [0.15, 0.2) is 0 Å². The first-order valence-electron chi connectivity index (χ1n) is 4.92. The van der Waals surface area contributed by atoms with Gasteiger partial charge in [0.25, 0.3) is 0 Å². The summed E-state index contributed by atoms with van der Waals surface area (Å²) in [5.41, 5.74) is -0.428. The van der Waals surface area contributed by atoms with E-state index in [9.17, 15) is 9.59 Å². The predicted molar refractivity (Wildman–Crippen MR) is 53.3 cm³/mol. The van der Waals surface area contributed by atoms with E-state index in [-0.39, 0.29) is 5.91 Å². The van der Waals surface area contributed by atoms with Gasteiger partial charge in [0, 0.05) is 13.7 Å². The molecule has 5 heteroatoms. The van der Waals surface area contributed by atoms with Crippen molar-refractivity contribution in [2.75, 3.05) is 20.3 Å². The topological polar surface area (TPSA) is 75.6 Å². The predicted octanol–water partition coefficient (Wildman–Crippen LogP) is 0.106. The number of carboxylic acid groups (broad SMARTS) is 1. The first-order chi connectivity index (χ1) is 6.92. The minimum atomic E-state index is -0.896. The highest BCUT2D eigenvalue weighted by atomic mass is 16.5. The van der Waals surface area contributed by atoms with Crippen LogP contribution in [0.2, 0.25) is 0 Å². The molecule has 1 fully saturated rings. The van der Waals surface area contributed by atoms with Gasteiger partial charge in [0.1, 0.15) is 0 Å². The SMILES string of the molecule is COCCNC(=O)C1C(C(=O)O)C1(C)C. The quantitative estimate of drug-likeness (QED) is 0.638. The molecule has 0 bridgehead atoms. The monoisotopic (exact) mass is 215 g/mol. The Morgan fingerprint density at radius 3 is 2.40 bits per heavy atom. The fraction of sp³-hybridized carbons (Fsp3) is 0.800. The minimum Gasteiger partial charge on any atom is -0.481 e. The Balaban J connectivity index is 2.45. The van der Waals surface area contributed by atoms with Crippen molar-refractivity contribution in [1.82, 2.24) is 5.32 Å². The van der Waals surface area contributed by atoms with Crippen LogP contribution in [0.4, 0.5) is 0 Å². The van der Waals surface area contributed by atoms with Crippen LogP contribution in [0.5, 0.6) is 0 Å². The highest BCUT2D eigenvalue weighted by Gasteiger charge is 2.65. The number of rotatable bonds is 5. The fourth-order valence-corrected chi connectivity index (χ4v) is 1.97. The smallest absolute Gasteiger partial charge is 0.307 e. The standard InChI is InChI=1S/C10H17NO4/c1-10(2)6(7(10)9(13)14)8(12)11-4-5-15-3/h6-7H,4-5H2,1-3H3,(H,11,12)(H,13,14). The molecule has 0 saturated heterocycles. The van der Waals surface area contributed by atoms with Crippen LogP contribution >= 0.6 is 0 Å². The lowest BCUT2D eigenvalue weighted by atomic mass is 10.1. The summed E-state index contributed by atoms with van der Waals surface area (Å²) in [6.45, 7) is 4.46. The van der Waals surface area contributed by atoms with Gasteiger partial charge >= 0.3 is 5.97 Å². The van der Waals surface area contributed by atoms with Crippen molar-refractivity contribution >= 4 is 11.9 Å². The Hall–Kier alpha value is -1.10. The summed E-state index contributed by atoms with van der Waals surface area (Å²) in [4.78, 5) is 22.4. The molecule has 0 aromatic carbocycles. The second-order valence-corrected chi connectivity index (χ2v) is 4.40. The molecule has 0 aromatic rings. The van der Waals surface area contributed by atoms with Crippen molar-refractivity contribution in [2.24, 2.45) is 17.3 Å². The average molecular weight is 215 g/mol. The molecule has 1 aliphatic carbocycles. The molecule has 86 valence electrons. The Kier molecular flexibility index (Phi) is 3.34. The number of carbonyl (C=O) groups excluding carboxylic acids is 1. The molecule has 1 amide bonds. The molecule has 1 saturated carbocycles. The lowest BCUT2D eigenvalue weighted by Crippen LogP contribution is -2.30. The van der Waals surface area contributed by atoms with E-state index in [1.165, 1.54) is 0 Å². The molecule has 1 aliphatic rings. The van der Waals surface area contributed by atoms with Gasteiger partial charge in [-0.05, 0) is 5.41 Å². The van der Waals surface area contributed by atoms with Crippen molar-refractivity contribution in [2.45, 2.75) is 13.8 Å². The first-order valence-corrected chi connectivity index (χ1v) is 4.92. The van der Waals surface area contributed by atoms with Crippen LogP contribution in [-0.2, 0) is 14.3 Å². The van der Waals surface area contributed by atoms with Gasteiger partial charge in [0.05, 0.1) is 18.4 Å². The summed E-state index contributed by atoms with van der Waals surface area (Å²) in [7, 11) is 1.55. The maximum absolute atomic E-state index is 11.6. The Bertz CT molecular complexity index is 275. The number of amides is 1. The molecule has 2 atom stereocenters. The first kappa shape index (κ1) is 12.0. The number of aliphatic carboxylic acids is 1. The highest BCUT2D eigenvalue weighted by Crippen LogP contribution is 2.58. The van der Waals surface area contributed by atoms with Crippen molar-refractivity contribution in [3.05, 3.63) is 0 Å². The highest BCUT2D eigenvalue weighted by molar-refractivity contribution is 5.91. The molecule has 0 spiro atoms. The van der Waals surface area contributed by atoms with Gasteiger partial charge < -0.3 is 15.2 Å². The maximum Gasteiger partial charge on any atom is 0.307 e. The molecule has 2 N–H and O–H groups in total. The van der Waals surface area contributed by atoms with Crippen molar-refractivity contribution in [3.63, 3.8) is 0 Å². The maximum atomic E-state index is 11.6. The fourth-order valence-electron chi connectivity index (χ4n) is 1.97. The molecular weight excluding hydrogens is 198 g/mol. The van der Waals surface area contributed by atoms with E-state index >= 15 is 0 Å². The van der Waals surface area contributed by atoms with E-state index in [0.717, 1.165) is 0 Å². The van der Waals surface area contributed by atoms with E-state index in [1.807, 2.05) is 0 Å². The lowest BCUT2D eigenvalue weighted by molar-refractivity contribution is -0.140. The molecule has 5 nitrogen and oxygen atoms in total. The Morgan fingerprint density at radius 2 is 2.00 bits per heavy atom. The van der Waals surface area contributed by atoms with Gasteiger partial charge in [-0.3, -0.25) is 9.59 Å². The molecule has 0 aromatic heterocycles. The van der Waals surface area contributed by atoms with Gasteiger partial charge in [-0.25, -0.2) is 0 Å². The van der Waals surface area contributed by atoms with Crippen LogP contribution in [0.3, 0.4) is 0 Å². The van der Waals surface area contributed by atoms with Crippen LogP contribution in [-0.4, -0.2) is 37.2 Å². The number of carbonyl (C=O) groups is 2. The summed E-state index contributed by atoms with van der Waals surface area (Å²) in [5.74, 6) is -2.05. The average Bonchev–Trinajstić information content (AvgIpc) is 2.69. The van der Waals surface area contributed by atoms with Crippen LogP contribution in [0.1, 0.15) is 13.8 Å². The lowest BCUT2D eigenvalue weighted by Gasteiger charge is -2.04. The van der Waals surface area contributed by atoms with Gasteiger partial charge in [0.2, 0.25) is 5.91 Å². The van der Waals surface area contributed by atoms with Crippen molar-refractivity contribution in [1.29, 1.82) is 0 Å². The zero-order chi connectivity index (χ0) is 11.6. The summed E-state index contributed by atoms with van der Waals surface area (Å²) >= 11 is 0. The minimum absolute atomic E-state index is 0.190. The third-order valence-electron chi connectivity index (χ3n) is 2.98. The third kappa shape index (κ3) is 2.28. The van der Waals surface area contributed by atoms with Gasteiger partial charge in [0.15, 0.2) is 0 Å². The second-order valence-electron chi connectivity index (χ2n) is 4.40. The van der Waals surface area contributed by atoms with Gasteiger partial charge in [-0.2, -0.15) is 0 Å². The normalized spacial score (nSPS) is 27.1. The number of methoxy groups -OCH3 is 1. The zero-order valence-corrected chi connectivity index (χ0v) is 9.24. The van der Waals surface area contributed by atoms with E-state index in [2.05, 4.69) is 5.32 Å². The molecule has 0 heterocycles. The summed E-state index contributed by atoms with van der Waals surface area (Å²) in [6, 6.07) is 0. The van der Waals surface area contributed by atoms with Crippen molar-refractivity contribution in [3.8, 4) is 0 Å². The van der Waals surface area contributed by atoms with Crippen molar-refractivity contribution < 1.29 is 19.4 Å².